The molecule has 0 saturated carbocycles. The third-order valence-corrected chi connectivity index (χ3v) is 0.572. The number of hydrogen-bond donors (Lipinski definition) is 2. The van der Waals surface area contributed by atoms with Gasteiger partial charge in [0.05, 0.1) is 6.54 Å². The molecule has 0 radical (unpaired) electrons. The Hall–Kier alpha value is -0.410. The summed E-state index contributed by atoms with van der Waals surface area (Å²) in [6.45, 7) is 4.93. The van der Waals surface area contributed by atoms with Crippen LogP contribution in [-0.2, 0) is 0 Å². The average Bonchev–Trinajstić information content (AvgIpc) is 1.69. The van der Waals surface area contributed by atoms with Gasteiger partial charge in [0.25, 0.3) is 0 Å². The second-order valence-electron chi connectivity index (χ2n) is 1.12. The van der Waals surface area contributed by atoms with Crippen molar-refractivity contribution in [3.8, 4) is 0 Å². The minimum atomic E-state index is 0.765. The lowest BCUT2D eigenvalue weighted by atomic mass is 10.7. The molecule has 0 rings (SSSR count). The third-order valence-electron chi connectivity index (χ3n) is 0.572. The van der Waals surface area contributed by atoms with E-state index in [-0.39, 0.29) is 0 Å². The van der Waals surface area contributed by atoms with Crippen molar-refractivity contribution in [3.05, 3.63) is 0 Å². The number of nitrogens with zero attached hydrogens (tertiary/aromatic N) is 1. The van der Waals surface area contributed by atoms with Gasteiger partial charge in [0, 0.05) is 6.54 Å². The predicted octanol–water partition coefficient (Wildman–Crippen LogP) is -0.589. The molecule has 0 aromatic carbocycles. The normalized spacial score (nSPS) is 8.71. The minimum Gasteiger partial charge on any atom is -0.300 e. The number of hydrazine groups is 1. The molecular formula is C4H11N3. The van der Waals surface area contributed by atoms with Crippen LogP contribution in [0.3, 0.4) is 0 Å². The lowest BCUT2D eigenvalue weighted by Gasteiger charge is -1.95. The number of rotatable bonds is 4. The lowest BCUT2D eigenvalue weighted by Crippen LogP contribution is -2.29. The zero-order valence-corrected chi connectivity index (χ0v) is 4.57. The van der Waals surface area contributed by atoms with Crippen molar-refractivity contribution in [1.82, 2.24) is 10.9 Å². The van der Waals surface area contributed by atoms with Gasteiger partial charge in [-0.2, -0.15) is 0 Å². The maximum Gasteiger partial charge on any atom is 0.0521 e. The molecule has 3 nitrogen and oxygen atoms in total. The molecule has 2 N–H and O–H groups in total. The van der Waals surface area contributed by atoms with Gasteiger partial charge in [0.1, 0.15) is 0 Å². The van der Waals surface area contributed by atoms with Gasteiger partial charge in [-0.25, -0.2) is 0 Å². The summed E-state index contributed by atoms with van der Waals surface area (Å²) >= 11 is 0. The van der Waals surface area contributed by atoms with Crippen LogP contribution in [0.1, 0.15) is 0 Å². The van der Waals surface area contributed by atoms with Gasteiger partial charge in [0.2, 0.25) is 0 Å². The molecule has 0 atom stereocenters. The molecule has 0 aromatic heterocycles. The lowest BCUT2D eigenvalue weighted by molar-refractivity contribution is 0.605. The molecule has 0 aromatic rings. The van der Waals surface area contributed by atoms with E-state index in [0.29, 0.717) is 0 Å². The third kappa shape index (κ3) is 5.59. The summed E-state index contributed by atoms with van der Waals surface area (Å²) in [6, 6.07) is 0. The first-order valence-electron chi connectivity index (χ1n) is 2.24. The topological polar surface area (TPSA) is 36.4 Å². The van der Waals surface area contributed by atoms with Crippen LogP contribution in [0.2, 0.25) is 0 Å². The molecule has 0 aliphatic carbocycles. The van der Waals surface area contributed by atoms with E-state index in [9.17, 15) is 0 Å². The zero-order chi connectivity index (χ0) is 5.54. The van der Waals surface area contributed by atoms with Crippen molar-refractivity contribution < 1.29 is 0 Å². The standard InChI is InChI=1S/C4H11N3/c1-5-3-4-7-6-2/h6-7H,1,3-4H2,2H3. The highest BCUT2D eigenvalue weighted by atomic mass is 15.3. The fourth-order valence-corrected chi connectivity index (χ4v) is 0.260. The van der Waals surface area contributed by atoms with Crippen molar-refractivity contribution >= 4 is 6.72 Å². The van der Waals surface area contributed by atoms with Crippen molar-refractivity contribution in [1.29, 1.82) is 0 Å². The van der Waals surface area contributed by atoms with E-state index < -0.39 is 0 Å². The number of nitrogens with one attached hydrogen (secondary N) is 2. The van der Waals surface area contributed by atoms with Crippen LogP contribution in [-0.4, -0.2) is 26.9 Å². The zero-order valence-electron chi connectivity index (χ0n) is 4.57. The summed E-state index contributed by atoms with van der Waals surface area (Å²) in [5, 5.41) is 0. The SMILES string of the molecule is C=NCCNNC. The second-order valence-corrected chi connectivity index (χ2v) is 1.12. The van der Waals surface area contributed by atoms with E-state index in [1.165, 1.54) is 0 Å². The van der Waals surface area contributed by atoms with Crippen molar-refractivity contribution in [2.45, 2.75) is 0 Å². The highest BCUT2D eigenvalue weighted by Crippen LogP contribution is 1.56. The van der Waals surface area contributed by atoms with Crippen LogP contribution in [0, 0.1) is 0 Å². The van der Waals surface area contributed by atoms with Crippen molar-refractivity contribution in [2.75, 3.05) is 20.1 Å². The molecule has 0 aliphatic heterocycles. The van der Waals surface area contributed by atoms with Crippen LogP contribution in [0.15, 0.2) is 4.99 Å². The second kappa shape index (κ2) is 5.59. The Morgan fingerprint density at radius 3 is 2.86 bits per heavy atom. The molecule has 0 saturated heterocycles. The Kier molecular flexibility index (Phi) is 5.26. The van der Waals surface area contributed by atoms with Crippen LogP contribution in [0.4, 0.5) is 0 Å². The fourth-order valence-electron chi connectivity index (χ4n) is 0.260. The van der Waals surface area contributed by atoms with Crippen molar-refractivity contribution in [3.63, 3.8) is 0 Å². The Balaban J connectivity index is 2.56. The van der Waals surface area contributed by atoms with Crippen LogP contribution >= 0.6 is 0 Å². The minimum absolute atomic E-state index is 0.765. The summed E-state index contributed by atoms with van der Waals surface area (Å²) in [4.78, 5) is 3.62. The van der Waals surface area contributed by atoms with Gasteiger partial charge in [0.15, 0.2) is 0 Å². The first-order valence-corrected chi connectivity index (χ1v) is 2.24. The monoisotopic (exact) mass is 101 g/mol. The molecule has 0 unspecified atom stereocenters. The Bertz CT molecular complexity index is 44.2. The van der Waals surface area contributed by atoms with Crippen LogP contribution in [0.5, 0.6) is 0 Å². The molecule has 0 bridgehead atoms. The maximum atomic E-state index is 3.62. The summed E-state index contributed by atoms with van der Waals surface area (Å²) in [7, 11) is 1.82. The van der Waals surface area contributed by atoms with E-state index in [1.54, 1.807) is 0 Å². The summed E-state index contributed by atoms with van der Waals surface area (Å²) in [5.74, 6) is 0. The van der Waals surface area contributed by atoms with E-state index >= 15 is 0 Å². The van der Waals surface area contributed by atoms with Gasteiger partial charge in [-0.3, -0.25) is 15.8 Å². The fraction of sp³-hybridized carbons (Fsp3) is 0.750. The predicted molar refractivity (Wildman–Crippen MR) is 31.5 cm³/mol. The highest BCUT2D eigenvalue weighted by molar-refractivity contribution is 5.23. The molecule has 0 aliphatic rings. The van der Waals surface area contributed by atoms with E-state index in [1.807, 2.05) is 7.05 Å². The summed E-state index contributed by atoms with van der Waals surface area (Å²) in [5.41, 5.74) is 5.63. The highest BCUT2D eigenvalue weighted by Gasteiger charge is 1.73. The van der Waals surface area contributed by atoms with Crippen molar-refractivity contribution in [2.24, 2.45) is 4.99 Å². The first kappa shape index (κ1) is 6.59. The molecule has 0 spiro atoms. The molecule has 7 heavy (non-hydrogen) atoms. The van der Waals surface area contributed by atoms with Gasteiger partial charge in [-0.05, 0) is 13.8 Å². The van der Waals surface area contributed by atoms with E-state index in [4.69, 9.17) is 0 Å². The maximum absolute atomic E-state index is 3.62. The summed E-state index contributed by atoms with van der Waals surface area (Å²) in [6.07, 6.45) is 0. The molecule has 0 amide bonds. The molecule has 42 valence electrons. The molecule has 0 fully saturated rings. The Morgan fingerprint density at radius 1 is 1.71 bits per heavy atom. The van der Waals surface area contributed by atoms with Gasteiger partial charge < -0.3 is 0 Å². The van der Waals surface area contributed by atoms with E-state index in [2.05, 4.69) is 22.6 Å². The smallest absolute Gasteiger partial charge is 0.0521 e. The Morgan fingerprint density at radius 2 is 2.43 bits per heavy atom. The van der Waals surface area contributed by atoms with Gasteiger partial charge in [-0.1, -0.05) is 0 Å². The van der Waals surface area contributed by atoms with Gasteiger partial charge >= 0.3 is 0 Å². The molecular weight excluding hydrogens is 90.1 g/mol. The summed E-state index contributed by atoms with van der Waals surface area (Å²) < 4.78 is 0. The first-order chi connectivity index (χ1) is 3.41. The quantitative estimate of drug-likeness (QED) is 0.282. The average molecular weight is 101 g/mol. The number of aliphatic imine (C=N–C) groups is 1. The Labute approximate surface area is 43.8 Å². The molecule has 3 heteroatoms. The van der Waals surface area contributed by atoms with E-state index in [0.717, 1.165) is 13.1 Å². The van der Waals surface area contributed by atoms with Crippen LogP contribution in [0.25, 0.3) is 0 Å². The van der Waals surface area contributed by atoms with Crippen LogP contribution < -0.4 is 10.9 Å². The van der Waals surface area contributed by atoms with Gasteiger partial charge in [-0.15, -0.1) is 0 Å². The largest absolute Gasteiger partial charge is 0.300 e. The molecule has 0 heterocycles. The number of hydrogen-bond acceptors (Lipinski definition) is 3.